The van der Waals surface area contributed by atoms with Crippen LogP contribution in [0.5, 0.6) is 23.0 Å². The van der Waals surface area contributed by atoms with Gasteiger partial charge in [0.1, 0.15) is 29.7 Å². The normalized spacial score (nSPS) is 19.2. The molecule has 2 aromatic carbocycles. The molecule has 8 nitrogen and oxygen atoms in total. The second-order valence-corrected chi connectivity index (χ2v) is 9.05. The van der Waals surface area contributed by atoms with Crippen LogP contribution >= 0.6 is 0 Å². The maximum Gasteiger partial charge on any atom is 0.231 e. The molecule has 0 aromatic heterocycles. The van der Waals surface area contributed by atoms with Crippen LogP contribution in [0.4, 0.5) is 0 Å². The summed E-state index contributed by atoms with van der Waals surface area (Å²) in [6, 6.07) is 7.37. The molecule has 0 saturated carbocycles. The predicted octanol–water partition coefficient (Wildman–Crippen LogP) is 3.50. The molecule has 0 spiro atoms. The highest BCUT2D eigenvalue weighted by Gasteiger charge is 2.33. The third kappa shape index (κ3) is 4.87. The van der Waals surface area contributed by atoms with E-state index in [0.717, 1.165) is 69.2 Å². The zero-order chi connectivity index (χ0) is 24.4. The molecule has 3 aliphatic heterocycles. The van der Waals surface area contributed by atoms with Crippen LogP contribution in [-0.2, 0) is 11.3 Å². The van der Waals surface area contributed by atoms with Gasteiger partial charge in [-0.05, 0) is 50.2 Å². The van der Waals surface area contributed by atoms with E-state index in [1.807, 2.05) is 31.2 Å². The molecule has 186 valence electrons. The number of ketones is 1. The Morgan fingerprint density at radius 1 is 1.03 bits per heavy atom. The molecule has 1 saturated heterocycles. The number of Topliss-reactive ketones (excluding diaryl/α,β-unsaturated/α-hetero) is 1. The van der Waals surface area contributed by atoms with E-state index in [-0.39, 0.29) is 11.5 Å². The number of ether oxygens (including phenoxy) is 5. The summed E-state index contributed by atoms with van der Waals surface area (Å²) in [6.07, 6.45) is 2.78. The predicted molar refractivity (Wildman–Crippen MR) is 131 cm³/mol. The molecular formula is C27H32N2O6. The van der Waals surface area contributed by atoms with Crippen LogP contribution in [0, 0.1) is 6.92 Å². The Morgan fingerprint density at radius 3 is 2.60 bits per heavy atom. The Hall–Kier alpha value is -3.07. The molecule has 3 aliphatic rings. The number of benzene rings is 2. The fourth-order valence-electron chi connectivity index (χ4n) is 4.88. The molecule has 0 bridgehead atoms. The van der Waals surface area contributed by atoms with Crippen molar-refractivity contribution in [3.8, 4) is 23.0 Å². The molecule has 5 rings (SSSR count). The Kier molecular flexibility index (Phi) is 6.95. The van der Waals surface area contributed by atoms with Gasteiger partial charge in [0.2, 0.25) is 5.78 Å². The van der Waals surface area contributed by atoms with Crippen LogP contribution in [0.2, 0.25) is 0 Å². The van der Waals surface area contributed by atoms with Gasteiger partial charge >= 0.3 is 0 Å². The Bertz CT molecular complexity index is 1140. The highest BCUT2D eigenvalue weighted by Crippen LogP contribution is 2.43. The maximum atomic E-state index is 13.3. The Balaban J connectivity index is 1.32. The topological polar surface area (TPSA) is 69.7 Å². The maximum absolute atomic E-state index is 13.3. The first-order valence-corrected chi connectivity index (χ1v) is 12.1. The third-order valence-corrected chi connectivity index (χ3v) is 6.78. The molecule has 2 aromatic rings. The summed E-state index contributed by atoms with van der Waals surface area (Å²) in [5.41, 5.74) is 3.18. The minimum Gasteiger partial charge on any atom is -0.497 e. The number of methoxy groups -OCH3 is 2. The van der Waals surface area contributed by atoms with Crippen molar-refractivity contribution in [3.05, 3.63) is 52.3 Å². The fourth-order valence-corrected chi connectivity index (χ4v) is 4.88. The molecule has 1 fully saturated rings. The molecule has 0 amide bonds. The molecule has 0 unspecified atom stereocenters. The summed E-state index contributed by atoms with van der Waals surface area (Å²) >= 11 is 0. The number of morpholine rings is 1. The highest BCUT2D eigenvalue weighted by molar-refractivity contribution is 6.15. The largest absolute Gasteiger partial charge is 0.497 e. The van der Waals surface area contributed by atoms with E-state index in [4.69, 9.17) is 23.7 Å². The average Bonchev–Trinajstić information content (AvgIpc) is 3.20. The highest BCUT2D eigenvalue weighted by atomic mass is 16.5. The van der Waals surface area contributed by atoms with Crippen LogP contribution < -0.4 is 18.9 Å². The lowest BCUT2D eigenvalue weighted by Crippen LogP contribution is -2.39. The molecule has 0 aliphatic carbocycles. The van der Waals surface area contributed by atoms with Crippen molar-refractivity contribution >= 4 is 11.9 Å². The van der Waals surface area contributed by atoms with Crippen molar-refractivity contribution < 1.29 is 28.5 Å². The van der Waals surface area contributed by atoms with Crippen molar-refractivity contribution in [3.63, 3.8) is 0 Å². The van der Waals surface area contributed by atoms with Gasteiger partial charge in [0, 0.05) is 42.9 Å². The molecule has 35 heavy (non-hydrogen) atoms. The van der Waals surface area contributed by atoms with Crippen LogP contribution in [0.15, 0.2) is 30.0 Å². The standard InChI is InChI=1S/C27H32N2O6/c1-18-26-20(16-29(17-34-26)8-4-7-28-9-11-33-12-10-28)14-22-25(30)24(35-27(18)22)15-19-13-21(31-2)5-6-23(19)32-3/h5-6,13-15H,4,7-12,16-17H2,1-3H3/b24-15-. The van der Waals surface area contributed by atoms with Crippen molar-refractivity contribution in [2.24, 2.45) is 0 Å². The lowest BCUT2D eigenvalue weighted by Gasteiger charge is -2.31. The molecule has 0 atom stereocenters. The average molecular weight is 481 g/mol. The van der Waals surface area contributed by atoms with Gasteiger partial charge in [-0.3, -0.25) is 14.6 Å². The van der Waals surface area contributed by atoms with Crippen molar-refractivity contribution in [2.45, 2.75) is 19.9 Å². The summed E-state index contributed by atoms with van der Waals surface area (Å²) in [7, 11) is 3.20. The molecule has 8 heteroatoms. The zero-order valence-electron chi connectivity index (χ0n) is 20.6. The number of hydrogen-bond acceptors (Lipinski definition) is 8. The summed E-state index contributed by atoms with van der Waals surface area (Å²) < 4.78 is 28.4. The lowest BCUT2D eigenvalue weighted by molar-refractivity contribution is 0.0329. The minimum atomic E-state index is -0.139. The molecule has 0 N–H and O–H groups in total. The molecule has 0 radical (unpaired) electrons. The number of hydrogen-bond donors (Lipinski definition) is 0. The van der Waals surface area contributed by atoms with Gasteiger partial charge in [-0.1, -0.05) is 0 Å². The third-order valence-electron chi connectivity index (χ3n) is 6.78. The van der Waals surface area contributed by atoms with Gasteiger partial charge < -0.3 is 23.7 Å². The monoisotopic (exact) mass is 480 g/mol. The van der Waals surface area contributed by atoms with E-state index in [1.165, 1.54) is 0 Å². The molecule has 3 heterocycles. The van der Waals surface area contributed by atoms with Crippen LogP contribution in [0.3, 0.4) is 0 Å². The number of fused-ring (bicyclic) bond motifs is 2. The first-order chi connectivity index (χ1) is 17.1. The van der Waals surface area contributed by atoms with Gasteiger partial charge in [-0.25, -0.2) is 0 Å². The van der Waals surface area contributed by atoms with Crippen molar-refractivity contribution in [1.82, 2.24) is 9.80 Å². The number of rotatable bonds is 7. The van der Waals surface area contributed by atoms with E-state index in [1.54, 1.807) is 20.3 Å². The van der Waals surface area contributed by atoms with Gasteiger partial charge in [0.25, 0.3) is 0 Å². The summed E-state index contributed by atoms with van der Waals surface area (Å²) in [5.74, 6) is 2.83. The molecular weight excluding hydrogens is 448 g/mol. The summed E-state index contributed by atoms with van der Waals surface area (Å²) in [5, 5.41) is 0. The van der Waals surface area contributed by atoms with E-state index in [0.29, 0.717) is 35.1 Å². The SMILES string of the molecule is COc1ccc(OC)c(/C=C2\Oc3c(cc4c(c3C)OCN(CCCN3CCOCC3)C4)C2=O)c1. The van der Waals surface area contributed by atoms with Crippen LogP contribution in [-0.4, -0.2) is 75.9 Å². The van der Waals surface area contributed by atoms with Crippen LogP contribution in [0.1, 0.15) is 33.5 Å². The zero-order valence-corrected chi connectivity index (χ0v) is 20.6. The quantitative estimate of drug-likeness (QED) is 0.558. The van der Waals surface area contributed by atoms with Crippen molar-refractivity contribution in [2.75, 3.05) is 60.3 Å². The van der Waals surface area contributed by atoms with Gasteiger partial charge in [0.05, 0.1) is 33.0 Å². The van der Waals surface area contributed by atoms with Gasteiger partial charge in [0.15, 0.2) is 5.76 Å². The summed E-state index contributed by atoms with van der Waals surface area (Å²) in [4.78, 5) is 18.0. The van der Waals surface area contributed by atoms with E-state index in [2.05, 4.69) is 9.80 Å². The first-order valence-electron chi connectivity index (χ1n) is 12.1. The first kappa shape index (κ1) is 23.7. The second kappa shape index (κ2) is 10.3. The summed E-state index contributed by atoms with van der Waals surface area (Å²) in [6.45, 7) is 8.89. The van der Waals surface area contributed by atoms with Gasteiger partial charge in [-0.2, -0.15) is 0 Å². The number of carbonyl (C=O) groups is 1. The second-order valence-electron chi connectivity index (χ2n) is 9.05. The smallest absolute Gasteiger partial charge is 0.231 e. The van der Waals surface area contributed by atoms with E-state index < -0.39 is 0 Å². The fraction of sp³-hybridized carbons (Fsp3) is 0.444. The minimum absolute atomic E-state index is 0.139. The van der Waals surface area contributed by atoms with E-state index in [9.17, 15) is 4.79 Å². The number of carbonyl (C=O) groups excluding carboxylic acids is 1. The number of allylic oxidation sites excluding steroid dienone is 1. The Morgan fingerprint density at radius 2 is 1.83 bits per heavy atom. The van der Waals surface area contributed by atoms with Crippen molar-refractivity contribution in [1.29, 1.82) is 0 Å². The lowest BCUT2D eigenvalue weighted by atomic mass is 10.00. The van der Waals surface area contributed by atoms with Gasteiger partial charge in [-0.15, -0.1) is 0 Å². The van der Waals surface area contributed by atoms with Crippen LogP contribution in [0.25, 0.3) is 6.08 Å². The Labute approximate surface area is 206 Å². The van der Waals surface area contributed by atoms with E-state index >= 15 is 0 Å². The number of nitrogens with zero attached hydrogens (tertiary/aromatic N) is 2.